The molecule has 2 N–H and O–H groups in total. The van der Waals surface area contributed by atoms with E-state index < -0.39 is 0 Å². The number of nitrogens with zero attached hydrogens (tertiary/aromatic N) is 12. The number of nitrogens with one attached hydrogen (secondary N) is 2. The number of imidazole rings is 2. The molecular weight excluding hydrogens is 635 g/mol. The molecule has 8 rings (SSSR count). The SMILES string of the molecule is CCn1nnc([C@H]2CC[C@H](n3cnc4c(NC5CCC(Nc6nc(Cl)nc7c6ncn7C6CCCCO6)CC5)nc(Cl)nc43)O2)n1. The Kier molecular flexibility index (Phi) is 8.04. The summed E-state index contributed by atoms with van der Waals surface area (Å²) in [6.07, 6.45) is 11.2. The standard InChI is InChI=1S/C28H34Cl2N14O2/c1-2-44-40-22(39-41-44)17-10-11-19(46-17)43-14-32-21-24(36-28(30)38-26(21)43)34-16-8-6-15(7-9-16)33-23-20-25(37-27(29)35-23)42(13-31-20)18-5-3-4-12-45-18/h13-19H,2-12H2,1H3,(H,33,35,37)(H,34,36,38)/t15?,16?,17-,18?,19-/m1/s1. The van der Waals surface area contributed by atoms with E-state index in [0.717, 1.165) is 64.4 Å². The molecule has 3 atom stereocenters. The molecule has 0 spiro atoms. The van der Waals surface area contributed by atoms with E-state index in [1.807, 2.05) is 16.1 Å². The fraction of sp³-hybridized carbons (Fsp3) is 0.607. The third-order valence-corrected chi connectivity index (χ3v) is 9.35. The lowest BCUT2D eigenvalue weighted by molar-refractivity contribution is -0.0298. The molecule has 46 heavy (non-hydrogen) atoms. The van der Waals surface area contributed by atoms with Gasteiger partial charge < -0.3 is 20.1 Å². The number of aromatic nitrogens is 12. The van der Waals surface area contributed by atoms with Crippen molar-refractivity contribution in [1.29, 1.82) is 0 Å². The third-order valence-electron chi connectivity index (χ3n) is 9.01. The van der Waals surface area contributed by atoms with Gasteiger partial charge in [-0.2, -0.15) is 24.7 Å². The van der Waals surface area contributed by atoms with E-state index in [0.29, 0.717) is 46.3 Å². The fourth-order valence-corrected chi connectivity index (χ4v) is 6.98. The van der Waals surface area contributed by atoms with E-state index in [4.69, 9.17) is 32.7 Å². The number of halogens is 2. The summed E-state index contributed by atoms with van der Waals surface area (Å²) >= 11 is 12.8. The summed E-state index contributed by atoms with van der Waals surface area (Å²) < 4.78 is 16.1. The topological polar surface area (TPSA) is 173 Å². The van der Waals surface area contributed by atoms with Crippen molar-refractivity contribution in [3.63, 3.8) is 0 Å². The number of fused-ring (bicyclic) bond motifs is 2. The van der Waals surface area contributed by atoms with Gasteiger partial charge in [-0.1, -0.05) is 0 Å². The molecule has 3 aliphatic rings. The molecule has 242 valence electrons. The second kappa shape index (κ2) is 12.5. The van der Waals surface area contributed by atoms with Gasteiger partial charge >= 0.3 is 0 Å². The second-order valence-corrected chi connectivity index (χ2v) is 12.7. The first-order chi connectivity index (χ1) is 22.5. The zero-order valence-electron chi connectivity index (χ0n) is 25.3. The van der Waals surface area contributed by atoms with Crippen LogP contribution in [-0.4, -0.2) is 77.9 Å². The fourth-order valence-electron chi connectivity index (χ4n) is 6.65. The number of anilines is 2. The molecule has 0 radical (unpaired) electrons. The molecule has 1 aliphatic carbocycles. The van der Waals surface area contributed by atoms with Gasteiger partial charge in [-0.25, -0.2) is 9.97 Å². The minimum absolute atomic E-state index is 0.0824. The molecule has 1 unspecified atom stereocenters. The third kappa shape index (κ3) is 5.71. The summed E-state index contributed by atoms with van der Waals surface area (Å²) in [5.74, 6) is 1.86. The lowest BCUT2D eigenvalue weighted by Crippen LogP contribution is -2.33. The molecular formula is C28H34Cl2N14O2. The van der Waals surface area contributed by atoms with Crippen LogP contribution in [0.25, 0.3) is 22.3 Å². The van der Waals surface area contributed by atoms with Crippen LogP contribution < -0.4 is 10.6 Å². The van der Waals surface area contributed by atoms with Crippen molar-refractivity contribution in [3.05, 3.63) is 29.0 Å². The Morgan fingerprint density at radius 1 is 0.783 bits per heavy atom. The van der Waals surface area contributed by atoms with Crippen LogP contribution in [0, 0.1) is 0 Å². The molecule has 0 aromatic carbocycles. The first kappa shape index (κ1) is 29.7. The first-order valence-electron chi connectivity index (χ1n) is 15.9. The van der Waals surface area contributed by atoms with Gasteiger partial charge in [0.15, 0.2) is 34.0 Å². The lowest BCUT2D eigenvalue weighted by Gasteiger charge is -2.30. The highest BCUT2D eigenvalue weighted by molar-refractivity contribution is 6.29. The lowest BCUT2D eigenvalue weighted by atomic mass is 9.91. The van der Waals surface area contributed by atoms with Crippen molar-refractivity contribution in [2.75, 3.05) is 17.2 Å². The zero-order valence-corrected chi connectivity index (χ0v) is 26.8. The summed E-state index contributed by atoms with van der Waals surface area (Å²) in [7, 11) is 0. The maximum absolute atomic E-state index is 6.42. The minimum Gasteiger partial charge on any atom is -0.365 e. The van der Waals surface area contributed by atoms with Crippen molar-refractivity contribution in [3.8, 4) is 0 Å². The van der Waals surface area contributed by atoms with Gasteiger partial charge in [-0.05, 0) is 93.1 Å². The highest BCUT2D eigenvalue weighted by atomic mass is 35.5. The molecule has 5 aromatic heterocycles. The molecule has 18 heteroatoms. The van der Waals surface area contributed by atoms with Gasteiger partial charge in [0, 0.05) is 18.7 Å². The van der Waals surface area contributed by atoms with Crippen molar-refractivity contribution in [2.24, 2.45) is 0 Å². The number of hydrogen-bond acceptors (Lipinski definition) is 13. The Labute approximate surface area is 273 Å². The normalized spacial score (nSPS) is 25.4. The van der Waals surface area contributed by atoms with Crippen LogP contribution in [0.15, 0.2) is 12.7 Å². The van der Waals surface area contributed by atoms with Gasteiger partial charge in [0.2, 0.25) is 16.4 Å². The van der Waals surface area contributed by atoms with Gasteiger partial charge in [-0.15, -0.1) is 10.2 Å². The van der Waals surface area contributed by atoms with Gasteiger partial charge in [0.25, 0.3) is 0 Å². The Morgan fingerprint density at radius 3 is 1.98 bits per heavy atom. The highest BCUT2D eigenvalue weighted by Crippen LogP contribution is 2.38. The van der Waals surface area contributed by atoms with E-state index in [9.17, 15) is 0 Å². The molecule has 0 bridgehead atoms. The van der Waals surface area contributed by atoms with Crippen molar-refractivity contribution >= 4 is 57.2 Å². The Balaban J connectivity index is 0.931. The molecule has 3 fully saturated rings. The van der Waals surface area contributed by atoms with Crippen LogP contribution in [0.4, 0.5) is 11.6 Å². The maximum atomic E-state index is 6.42. The van der Waals surface area contributed by atoms with Crippen molar-refractivity contribution in [2.45, 2.75) is 102 Å². The maximum Gasteiger partial charge on any atom is 0.226 e. The van der Waals surface area contributed by atoms with Crippen LogP contribution >= 0.6 is 23.2 Å². The quantitative estimate of drug-likeness (QED) is 0.215. The number of tetrazole rings is 1. The van der Waals surface area contributed by atoms with E-state index in [1.54, 1.807) is 17.5 Å². The van der Waals surface area contributed by atoms with E-state index in [2.05, 4.69) is 55.9 Å². The summed E-state index contributed by atoms with van der Waals surface area (Å²) in [5.41, 5.74) is 2.67. The molecule has 5 aromatic rings. The predicted molar refractivity (Wildman–Crippen MR) is 168 cm³/mol. The van der Waals surface area contributed by atoms with Crippen LogP contribution in [0.3, 0.4) is 0 Å². The second-order valence-electron chi connectivity index (χ2n) is 12.0. The van der Waals surface area contributed by atoms with Crippen molar-refractivity contribution < 1.29 is 9.47 Å². The largest absolute Gasteiger partial charge is 0.365 e. The smallest absolute Gasteiger partial charge is 0.226 e. The average Bonchev–Trinajstić information content (AvgIpc) is 3.88. The monoisotopic (exact) mass is 668 g/mol. The van der Waals surface area contributed by atoms with Crippen molar-refractivity contribution in [1.82, 2.24) is 59.2 Å². The number of ether oxygens (including phenoxy) is 2. The predicted octanol–water partition coefficient (Wildman–Crippen LogP) is 4.86. The molecule has 0 amide bonds. The van der Waals surface area contributed by atoms with Crippen LogP contribution in [0.2, 0.25) is 10.6 Å². The first-order valence-corrected chi connectivity index (χ1v) is 16.7. The number of rotatable bonds is 8. The van der Waals surface area contributed by atoms with E-state index in [-0.39, 0.29) is 41.2 Å². The average molecular weight is 670 g/mol. The zero-order chi connectivity index (χ0) is 31.2. The van der Waals surface area contributed by atoms with E-state index >= 15 is 0 Å². The van der Waals surface area contributed by atoms with E-state index in [1.165, 1.54) is 0 Å². The Morgan fingerprint density at radius 2 is 1.41 bits per heavy atom. The molecule has 1 saturated carbocycles. The summed E-state index contributed by atoms with van der Waals surface area (Å²) in [4.78, 5) is 28.8. The Bertz CT molecular complexity index is 1840. The summed E-state index contributed by atoms with van der Waals surface area (Å²) in [5, 5.41) is 20.1. The van der Waals surface area contributed by atoms with Gasteiger partial charge in [0.1, 0.15) is 18.6 Å². The molecule has 2 saturated heterocycles. The molecule has 7 heterocycles. The highest BCUT2D eigenvalue weighted by Gasteiger charge is 2.33. The summed E-state index contributed by atoms with van der Waals surface area (Å²) in [6, 6.07) is 0.394. The Hall–Kier alpha value is -3.73. The molecule has 16 nitrogen and oxygen atoms in total. The molecule has 2 aliphatic heterocycles. The van der Waals surface area contributed by atoms with Crippen LogP contribution in [0.1, 0.15) is 89.1 Å². The van der Waals surface area contributed by atoms with Gasteiger partial charge in [0.05, 0.1) is 19.2 Å². The summed E-state index contributed by atoms with van der Waals surface area (Å²) in [6.45, 7) is 3.36. The van der Waals surface area contributed by atoms with Crippen LogP contribution in [0.5, 0.6) is 0 Å². The minimum atomic E-state index is -0.271. The number of hydrogen-bond donors (Lipinski definition) is 2. The van der Waals surface area contributed by atoms with Crippen LogP contribution in [-0.2, 0) is 16.0 Å². The number of aryl methyl sites for hydroxylation is 1. The van der Waals surface area contributed by atoms with Gasteiger partial charge in [-0.3, -0.25) is 9.13 Å².